The molecule has 2 aromatic rings. The molecule has 0 aliphatic rings. The van der Waals surface area contributed by atoms with Crippen LogP contribution in [0.15, 0.2) is 24.3 Å². The van der Waals surface area contributed by atoms with Crippen molar-refractivity contribution in [1.29, 1.82) is 0 Å². The van der Waals surface area contributed by atoms with Crippen LogP contribution in [0, 0.1) is 6.92 Å². The van der Waals surface area contributed by atoms with Gasteiger partial charge in [0.2, 0.25) is 0 Å². The highest BCUT2D eigenvalue weighted by Crippen LogP contribution is 2.26. The van der Waals surface area contributed by atoms with E-state index in [0.717, 1.165) is 22.3 Å². The van der Waals surface area contributed by atoms with E-state index in [1.54, 1.807) is 0 Å². The molecule has 1 heterocycles. The van der Waals surface area contributed by atoms with Gasteiger partial charge < -0.3 is 10.5 Å². The van der Waals surface area contributed by atoms with Crippen LogP contribution >= 0.6 is 0 Å². The Kier molecular flexibility index (Phi) is 4.05. The zero-order valence-corrected chi connectivity index (χ0v) is 12.1. The largest absolute Gasteiger partial charge is 0.491 e. The molecule has 3 heteroatoms. The fourth-order valence-electron chi connectivity index (χ4n) is 2.12. The highest BCUT2D eigenvalue weighted by molar-refractivity contribution is 5.83. The summed E-state index contributed by atoms with van der Waals surface area (Å²) in [4.78, 5) is 4.69. The molecule has 0 spiro atoms. The lowest BCUT2D eigenvalue weighted by atomic mass is 10.0. The van der Waals surface area contributed by atoms with E-state index in [-0.39, 0.29) is 12.0 Å². The summed E-state index contributed by atoms with van der Waals surface area (Å²) in [5.74, 6) is 1.18. The standard InChI is InChI=1S/C16H22N2O/c1-10(2)19-13-5-6-15-14(8-13)11(3)7-16(18-15)12(4)9-17/h5-8,10,12H,9,17H2,1-4H3. The molecule has 102 valence electrons. The zero-order valence-electron chi connectivity index (χ0n) is 12.1. The molecule has 0 amide bonds. The van der Waals surface area contributed by atoms with Gasteiger partial charge in [-0.15, -0.1) is 0 Å². The van der Waals surface area contributed by atoms with Crippen molar-refractivity contribution in [2.45, 2.75) is 39.7 Å². The van der Waals surface area contributed by atoms with Gasteiger partial charge in [0.25, 0.3) is 0 Å². The minimum atomic E-state index is 0.183. The molecule has 1 aromatic carbocycles. The quantitative estimate of drug-likeness (QED) is 0.914. The topological polar surface area (TPSA) is 48.1 Å². The van der Waals surface area contributed by atoms with E-state index in [9.17, 15) is 0 Å². The lowest BCUT2D eigenvalue weighted by molar-refractivity contribution is 0.243. The number of benzene rings is 1. The molecule has 1 aromatic heterocycles. The van der Waals surface area contributed by atoms with Gasteiger partial charge in [0, 0.05) is 23.5 Å². The number of aryl methyl sites for hydroxylation is 1. The summed E-state index contributed by atoms with van der Waals surface area (Å²) in [7, 11) is 0. The van der Waals surface area contributed by atoms with Gasteiger partial charge in [0.05, 0.1) is 11.6 Å². The highest BCUT2D eigenvalue weighted by Gasteiger charge is 2.09. The molecule has 1 atom stereocenters. The number of rotatable bonds is 4. The van der Waals surface area contributed by atoms with Gasteiger partial charge in [0.1, 0.15) is 5.75 Å². The normalized spacial score (nSPS) is 12.9. The highest BCUT2D eigenvalue weighted by atomic mass is 16.5. The first-order chi connectivity index (χ1) is 9.01. The third kappa shape index (κ3) is 3.04. The molecule has 0 aliphatic carbocycles. The van der Waals surface area contributed by atoms with Gasteiger partial charge in [-0.3, -0.25) is 4.98 Å². The molecule has 1 unspecified atom stereocenters. The molecular weight excluding hydrogens is 236 g/mol. The molecule has 0 saturated heterocycles. The van der Waals surface area contributed by atoms with E-state index in [0.29, 0.717) is 6.54 Å². The zero-order chi connectivity index (χ0) is 14.0. The van der Waals surface area contributed by atoms with Gasteiger partial charge in [-0.05, 0) is 50.6 Å². The summed E-state index contributed by atoms with van der Waals surface area (Å²) in [6.45, 7) is 8.88. The second-order valence-corrected chi connectivity index (χ2v) is 5.35. The summed E-state index contributed by atoms with van der Waals surface area (Å²) in [5, 5.41) is 1.14. The number of pyridine rings is 1. The SMILES string of the molecule is Cc1cc(C(C)CN)nc2ccc(OC(C)C)cc12. The Bertz CT molecular complexity index is 578. The van der Waals surface area contributed by atoms with E-state index < -0.39 is 0 Å². The Hall–Kier alpha value is -1.61. The van der Waals surface area contributed by atoms with Gasteiger partial charge >= 0.3 is 0 Å². The van der Waals surface area contributed by atoms with Crippen LogP contribution < -0.4 is 10.5 Å². The Labute approximate surface area is 114 Å². The number of aromatic nitrogens is 1. The third-order valence-corrected chi connectivity index (χ3v) is 3.24. The average molecular weight is 258 g/mol. The number of ether oxygens (including phenoxy) is 1. The molecule has 0 bridgehead atoms. The molecule has 0 radical (unpaired) electrons. The van der Waals surface area contributed by atoms with E-state index in [1.807, 2.05) is 26.0 Å². The first-order valence-corrected chi connectivity index (χ1v) is 6.79. The van der Waals surface area contributed by atoms with Gasteiger partial charge in [-0.25, -0.2) is 0 Å². The number of fused-ring (bicyclic) bond motifs is 1. The molecule has 0 fully saturated rings. The molecule has 2 N–H and O–H groups in total. The number of hydrogen-bond acceptors (Lipinski definition) is 3. The van der Waals surface area contributed by atoms with Crippen molar-refractivity contribution in [2.75, 3.05) is 6.54 Å². The fraction of sp³-hybridized carbons (Fsp3) is 0.438. The first kappa shape index (κ1) is 13.8. The van der Waals surface area contributed by atoms with Crippen LogP contribution in [0.4, 0.5) is 0 Å². The van der Waals surface area contributed by atoms with Crippen molar-refractivity contribution in [2.24, 2.45) is 5.73 Å². The fourth-order valence-corrected chi connectivity index (χ4v) is 2.12. The van der Waals surface area contributed by atoms with Crippen LogP contribution in [-0.4, -0.2) is 17.6 Å². The van der Waals surface area contributed by atoms with E-state index in [2.05, 4.69) is 26.0 Å². The summed E-state index contributed by atoms with van der Waals surface area (Å²) in [6.07, 6.45) is 0.183. The van der Waals surface area contributed by atoms with E-state index >= 15 is 0 Å². The maximum Gasteiger partial charge on any atom is 0.120 e. The molecular formula is C16H22N2O. The van der Waals surface area contributed by atoms with Crippen LogP contribution in [0.2, 0.25) is 0 Å². The lowest BCUT2D eigenvalue weighted by Crippen LogP contribution is -2.11. The Morgan fingerprint density at radius 2 is 1.95 bits per heavy atom. The number of hydrogen-bond donors (Lipinski definition) is 1. The minimum Gasteiger partial charge on any atom is -0.491 e. The van der Waals surface area contributed by atoms with Crippen LogP contribution in [-0.2, 0) is 0 Å². The monoisotopic (exact) mass is 258 g/mol. The first-order valence-electron chi connectivity index (χ1n) is 6.79. The smallest absolute Gasteiger partial charge is 0.120 e. The van der Waals surface area contributed by atoms with Crippen molar-refractivity contribution in [3.8, 4) is 5.75 Å². The third-order valence-electron chi connectivity index (χ3n) is 3.24. The van der Waals surface area contributed by atoms with Crippen molar-refractivity contribution in [3.63, 3.8) is 0 Å². The minimum absolute atomic E-state index is 0.183. The molecule has 19 heavy (non-hydrogen) atoms. The molecule has 3 nitrogen and oxygen atoms in total. The lowest BCUT2D eigenvalue weighted by Gasteiger charge is -2.13. The van der Waals surface area contributed by atoms with Gasteiger partial charge in [0.15, 0.2) is 0 Å². The number of nitrogens with zero attached hydrogens (tertiary/aromatic N) is 1. The Morgan fingerprint density at radius 1 is 1.21 bits per heavy atom. The predicted molar refractivity (Wildman–Crippen MR) is 79.7 cm³/mol. The van der Waals surface area contributed by atoms with Crippen molar-refractivity contribution < 1.29 is 4.74 Å². The Morgan fingerprint density at radius 3 is 2.58 bits per heavy atom. The predicted octanol–water partition coefficient (Wildman–Crippen LogP) is 3.39. The van der Waals surface area contributed by atoms with Crippen molar-refractivity contribution in [1.82, 2.24) is 4.98 Å². The van der Waals surface area contributed by atoms with Gasteiger partial charge in [-0.1, -0.05) is 6.92 Å². The maximum absolute atomic E-state index is 5.73. The van der Waals surface area contributed by atoms with E-state index in [1.165, 1.54) is 5.56 Å². The average Bonchev–Trinajstić information content (AvgIpc) is 2.37. The molecule has 0 saturated carbocycles. The van der Waals surface area contributed by atoms with Crippen molar-refractivity contribution >= 4 is 10.9 Å². The summed E-state index contributed by atoms with van der Waals surface area (Å²) in [6, 6.07) is 8.19. The molecule has 0 aliphatic heterocycles. The Balaban J connectivity index is 2.47. The summed E-state index contributed by atoms with van der Waals surface area (Å²) in [5.41, 5.74) is 9.00. The van der Waals surface area contributed by atoms with Crippen LogP contribution in [0.1, 0.15) is 37.9 Å². The van der Waals surface area contributed by atoms with Crippen LogP contribution in [0.3, 0.4) is 0 Å². The van der Waals surface area contributed by atoms with Crippen LogP contribution in [0.25, 0.3) is 10.9 Å². The summed E-state index contributed by atoms with van der Waals surface area (Å²) >= 11 is 0. The molecule has 2 rings (SSSR count). The van der Waals surface area contributed by atoms with Crippen molar-refractivity contribution in [3.05, 3.63) is 35.5 Å². The maximum atomic E-state index is 5.73. The van der Waals surface area contributed by atoms with E-state index in [4.69, 9.17) is 15.5 Å². The second kappa shape index (κ2) is 5.57. The second-order valence-electron chi connectivity index (χ2n) is 5.35. The van der Waals surface area contributed by atoms with Gasteiger partial charge in [-0.2, -0.15) is 0 Å². The van der Waals surface area contributed by atoms with Crippen LogP contribution in [0.5, 0.6) is 5.75 Å². The number of nitrogens with two attached hydrogens (primary N) is 1. The summed E-state index contributed by atoms with van der Waals surface area (Å²) < 4.78 is 5.73.